The molecule has 0 amide bonds. The molecule has 2 nitrogen and oxygen atoms in total. The third-order valence-electron chi connectivity index (χ3n) is 2.74. The molecule has 0 spiro atoms. The summed E-state index contributed by atoms with van der Waals surface area (Å²) >= 11 is 0. The second-order valence-electron chi connectivity index (χ2n) is 4.05. The number of hydrogen-bond donors (Lipinski definition) is 0. The minimum absolute atomic E-state index is 0.458. The van der Waals surface area contributed by atoms with Crippen molar-refractivity contribution in [1.82, 2.24) is 4.98 Å². The zero-order chi connectivity index (χ0) is 12.4. The average molecular weight is 233 g/mol. The molecule has 0 N–H and O–H groups in total. The molecule has 0 radical (unpaired) electrons. The van der Waals surface area contributed by atoms with Crippen molar-refractivity contribution in [3.05, 3.63) is 65.5 Å². The third-order valence-corrected chi connectivity index (χ3v) is 2.74. The van der Waals surface area contributed by atoms with Gasteiger partial charge in [-0.1, -0.05) is 36.3 Å². The monoisotopic (exact) mass is 233 g/mol. The number of hydrogen-bond acceptors (Lipinski definition) is 2. The van der Waals surface area contributed by atoms with Crippen LogP contribution in [0.15, 0.2) is 52.9 Å². The second-order valence-corrected chi connectivity index (χ2v) is 4.05. The van der Waals surface area contributed by atoms with Gasteiger partial charge in [0.05, 0.1) is 0 Å². The molecule has 0 aliphatic rings. The first-order valence-corrected chi connectivity index (χ1v) is 5.76. The first kappa shape index (κ1) is 10.6. The number of aryl methyl sites for hydroxylation is 1. The number of fused-ring (bicyclic) bond motifs is 1. The number of rotatable bonds is 0. The molecule has 1 heterocycles. The van der Waals surface area contributed by atoms with Crippen LogP contribution in [0, 0.1) is 18.8 Å². The van der Waals surface area contributed by atoms with E-state index in [1.807, 2.05) is 55.5 Å². The molecule has 2 aromatic carbocycles. The molecule has 86 valence electrons. The Hall–Kier alpha value is -2.53. The number of benzene rings is 2. The maximum atomic E-state index is 5.54. The predicted octanol–water partition coefficient (Wildman–Crippen LogP) is 3.54. The van der Waals surface area contributed by atoms with Crippen LogP contribution in [0.3, 0.4) is 0 Å². The molecule has 3 rings (SSSR count). The van der Waals surface area contributed by atoms with Crippen LogP contribution in [0.25, 0.3) is 11.1 Å². The fourth-order valence-corrected chi connectivity index (χ4v) is 1.76. The van der Waals surface area contributed by atoms with Crippen LogP contribution in [0.5, 0.6) is 0 Å². The molecule has 0 aliphatic heterocycles. The van der Waals surface area contributed by atoms with Gasteiger partial charge in [-0.3, -0.25) is 0 Å². The molecule has 0 fully saturated rings. The maximum Gasteiger partial charge on any atom is 0.274 e. The van der Waals surface area contributed by atoms with E-state index in [0.29, 0.717) is 5.89 Å². The maximum absolute atomic E-state index is 5.54. The predicted molar refractivity (Wildman–Crippen MR) is 71.2 cm³/mol. The Labute approximate surface area is 105 Å². The lowest BCUT2D eigenvalue weighted by Crippen LogP contribution is -1.80. The lowest BCUT2D eigenvalue weighted by molar-refractivity contribution is 0.586. The number of para-hydroxylation sites is 2. The summed E-state index contributed by atoms with van der Waals surface area (Å²) in [5.74, 6) is 6.51. The van der Waals surface area contributed by atoms with Crippen molar-refractivity contribution in [2.45, 2.75) is 6.92 Å². The van der Waals surface area contributed by atoms with Gasteiger partial charge in [0.1, 0.15) is 5.52 Å². The van der Waals surface area contributed by atoms with Crippen LogP contribution in [-0.2, 0) is 0 Å². The van der Waals surface area contributed by atoms with Crippen LogP contribution >= 0.6 is 0 Å². The molecule has 3 aromatic rings. The SMILES string of the molecule is Cc1ccccc1C#Cc1nc2ccccc2o1. The van der Waals surface area contributed by atoms with Crippen LogP contribution in [0.1, 0.15) is 17.0 Å². The van der Waals surface area contributed by atoms with E-state index in [-0.39, 0.29) is 0 Å². The summed E-state index contributed by atoms with van der Waals surface area (Å²) in [6.45, 7) is 2.04. The highest BCUT2D eigenvalue weighted by atomic mass is 16.3. The van der Waals surface area contributed by atoms with Crippen molar-refractivity contribution in [3.8, 4) is 11.8 Å². The molecule has 18 heavy (non-hydrogen) atoms. The summed E-state index contributed by atoms with van der Waals surface area (Å²) in [6.07, 6.45) is 0. The van der Waals surface area contributed by atoms with Crippen molar-refractivity contribution in [2.75, 3.05) is 0 Å². The van der Waals surface area contributed by atoms with Crippen LogP contribution in [0.2, 0.25) is 0 Å². The number of oxazole rings is 1. The first-order chi connectivity index (χ1) is 8.83. The third kappa shape index (κ3) is 1.99. The molecule has 0 saturated carbocycles. The van der Waals surface area contributed by atoms with Gasteiger partial charge >= 0.3 is 0 Å². The van der Waals surface area contributed by atoms with Gasteiger partial charge in [0.2, 0.25) is 0 Å². The Morgan fingerprint density at radius 2 is 1.72 bits per heavy atom. The molecular formula is C16H11NO. The van der Waals surface area contributed by atoms with Gasteiger partial charge in [-0.05, 0) is 36.6 Å². The fraction of sp³-hybridized carbons (Fsp3) is 0.0625. The Morgan fingerprint density at radius 1 is 0.944 bits per heavy atom. The Balaban J connectivity index is 2.00. The highest BCUT2D eigenvalue weighted by molar-refractivity contribution is 5.72. The van der Waals surface area contributed by atoms with Crippen molar-refractivity contribution in [1.29, 1.82) is 0 Å². The summed E-state index contributed by atoms with van der Waals surface area (Å²) in [4.78, 5) is 4.32. The molecule has 0 atom stereocenters. The van der Waals surface area contributed by atoms with Crippen LogP contribution < -0.4 is 0 Å². The quantitative estimate of drug-likeness (QED) is 0.555. The van der Waals surface area contributed by atoms with E-state index >= 15 is 0 Å². The molecular weight excluding hydrogens is 222 g/mol. The van der Waals surface area contributed by atoms with Gasteiger partial charge in [-0.2, -0.15) is 0 Å². The van der Waals surface area contributed by atoms with E-state index in [0.717, 1.165) is 22.2 Å². The lowest BCUT2D eigenvalue weighted by atomic mass is 10.1. The number of aromatic nitrogens is 1. The molecule has 0 bridgehead atoms. The van der Waals surface area contributed by atoms with Gasteiger partial charge in [0, 0.05) is 5.56 Å². The van der Waals surface area contributed by atoms with Gasteiger partial charge in [-0.15, -0.1) is 0 Å². The summed E-state index contributed by atoms with van der Waals surface area (Å²) in [7, 11) is 0. The van der Waals surface area contributed by atoms with E-state index in [1.165, 1.54) is 0 Å². The van der Waals surface area contributed by atoms with Crippen molar-refractivity contribution < 1.29 is 4.42 Å². The average Bonchev–Trinajstić information content (AvgIpc) is 2.80. The Kier molecular flexibility index (Phi) is 2.59. The zero-order valence-electron chi connectivity index (χ0n) is 9.97. The van der Waals surface area contributed by atoms with Gasteiger partial charge < -0.3 is 4.42 Å². The molecule has 1 aromatic heterocycles. The lowest BCUT2D eigenvalue weighted by Gasteiger charge is -1.93. The molecule has 0 aliphatic carbocycles. The molecule has 0 saturated heterocycles. The molecule has 0 unspecified atom stereocenters. The number of nitrogens with zero attached hydrogens (tertiary/aromatic N) is 1. The summed E-state index contributed by atoms with van der Waals surface area (Å²) in [6, 6.07) is 15.7. The first-order valence-electron chi connectivity index (χ1n) is 5.76. The minimum Gasteiger partial charge on any atom is -0.430 e. The van der Waals surface area contributed by atoms with Crippen LogP contribution in [0.4, 0.5) is 0 Å². The second kappa shape index (κ2) is 4.38. The normalized spacial score (nSPS) is 10.1. The Bertz CT molecular complexity index is 726. The standard InChI is InChI=1S/C16H11NO/c1-12-6-2-3-7-13(12)10-11-16-17-14-8-4-5-9-15(14)18-16/h2-9H,1H3. The fourth-order valence-electron chi connectivity index (χ4n) is 1.76. The van der Waals surface area contributed by atoms with Crippen molar-refractivity contribution in [3.63, 3.8) is 0 Å². The summed E-state index contributed by atoms with van der Waals surface area (Å²) in [5.41, 5.74) is 3.76. The van der Waals surface area contributed by atoms with E-state index in [9.17, 15) is 0 Å². The van der Waals surface area contributed by atoms with Crippen LogP contribution in [-0.4, -0.2) is 4.98 Å². The van der Waals surface area contributed by atoms with E-state index in [4.69, 9.17) is 4.42 Å². The van der Waals surface area contributed by atoms with E-state index in [1.54, 1.807) is 0 Å². The largest absolute Gasteiger partial charge is 0.430 e. The highest BCUT2D eigenvalue weighted by Crippen LogP contribution is 2.14. The van der Waals surface area contributed by atoms with Gasteiger partial charge in [0.15, 0.2) is 5.58 Å². The Morgan fingerprint density at radius 3 is 2.56 bits per heavy atom. The van der Waals surface area contributed by atoms with Gasteiger partial charge in [0.25, 0.3) is 5.89 Å². The van der Waals surface area contributed by atoms with Crippen molar-refractivity contribution in [2.24, 2.45) is 0 Å². The zero-order valence-corrected chi connectivity index (χ0v) is 9.97. The highest BCUT2D eigenvalue weighted by Gasteiger charge is 2.01. The topological polar surface area (TPSA) is 26.0 Å². The minimum atomic E-state index is 0.458. The van der Waals surface area contributed by atoms with E-state index < -0.39 is 0 Å². The summed E-state index contributed by atoms with van der Waals surface area (Å²) in [5, 5.41) is 0. The van der Waals surface area contributed by atoms with E-state index in [2.05, 4.69) is 16.8 Å². The molecule has 2 heteroatoms. The smallest absolute Gasteiger partial charge is 0.274 e. The summed E-state index contributed by atoms with van der Waals surface area (Å²) < 4.78 is 5.54. The van der Waals surface area contributed by atoms with Gasteiger partial charge in [-0.25, -0.2) is 4.98 Å². The van der Waals surface area contributed by atoms with Crippen molar-refractivity contribution >= 4 is 11.1 Å².